The molecular formula is C19H21N3O2. The van der Waals surface area contributed by atoms with E-state index in [1.165, 1.54) is 4.90 Å². The van der Waals surface area contributed by atoms with Crippen LogP contribution < -0.4 is 0 Å². The third-order valence-electron chi connectivity index (χ3n) is 4.28. The fourth-order valence-corrected chi connectivity index (χ4v) is 2.98. The molecular weight excluding hydrogens is 302 g/mol. The van der Waals surface area contributed by atoms with Gasteiger partial charge >= 0.3 is 0 Å². The van der Waals surface area contributed by atoms with E-state index in [1.54, 1.807) is 36.7 Å². The minimum absolute atomic E-state index is 0.156. The number of nitrogens with zero attached hydrogens (tertiary/aromatic N) is 3. The summed E-state index contributed by atoms with van der Waals surface area (Å²) in [6.45, 7) is 0.508. The van der Waals surface area contributed by atoms with Crippen LogP contribution in [-0.2, 0) is 6.42 Å². The van der Waals surface area contributed by atoms with Crippen molar-refractivity contribution in [3.8, 4) is 0 Å². The highest BCUT2D eigenvalue weighted by Gasteiger charge is 2.34. The zero-order valence-electron chi connectivity index (χ0n) is 13.6. The summed E-state index contributed by atoms with van der Waals surface area (Å²) in [5.74, 6) is 0.581. The van der Waals surface area contributed by atoms with Crippen LogP contribution in [0.1, 0.15) is 58.6 Å². The van der Waals surface area contributed by atoms with Crippen molar-refractivity contribution in [3.05, 3.63) is 59.7 Å². The second-order valence-electron chi connectivity index (χ2n) is 5.99. The molecule has 3 rings (SSSR count). The number of aryl methyl sites for hydroxylation is 1. The smallest absolute Gasteiger partial charge is 0.261 e. The molecule has 1 aromatic heterocycles. The summed E-state index contributed by atoms with van der Waals surface area (Å²) in [7, 11) is 0. The van der Waals surface area contributed by atoms with Crippen molar-refractivity contribution < 1.29 is 9.59 Å². The molecule has 0 saturated heterocycles. The molecule has 5 heteroatoms. The lowest BCUT2D eigenvalue weighted by Crippen LogP contribution is -2.30. The molecule has 0 fully saturated rings. The standard InChI is InChI=1S/C19H21N3O2/c23-18-15-9-5-6-10-16(15)19(24)22(18)14-7-3-1-2-4-11-17-20-12-8-13-21-17/h5-6,8-10,12-13H,1-4,7,11,14H2. The first-order chi connectivity index (χ1) is 11.8. The Morgan fingerprint density at radius 2 is 1.33 bits per heavy atom. The van der Waals surface area contributed by atoms with Gasteiger partial charge in [-0.15, -0.1) is 0 Å². The van der Waals surface area contributed by atoms with Gasteiger partial charge in [0.15, 0.2) is 0 Å². The van der Waals surface area contributed by atoms with Gasteiger partial charge in [-0.1, -0.05) is 31.4 Å². The maximum atomic E-state index is 12.2. The van der Waals surface area contributed by atoms with Crippen LogP contribution in [0.25, 0.3) is 0 Å². The number of amides is 2. The Hall–Kier alpha value is -2.56. The molecule has 5 nitrogen and oxygen atoms in total. The molecule has 24 heavy (non-hydrogen) atoms. The van der Waals surface area contributed by atoms with Crippen LogP contribution in [0.4, 0.5) is 0 Å². The molecule has 2 amide bonds. The minimum atomic E-state index is -0.156. The topological polar surface area (TPSA) is 63.2 Å². The summed E-state index contributed by atoms with van der Waals surface area (Å²) in [5.41, 5.74) is 1.07. The molecule has 0 N–H and O–H groups in total. The van der Waals surface area contributed by atoms with Gasteiger partial charge in [0.1, 0.15) is 5.82 Å². The van der Waals surface area contributed by atoms with Gasteiger partial charge in [0.05, 0.1) is 11.1 Å². The number of hydrogen-bond acceptors (Lipinski definition) is 4. The number of aromatic nitrogens is 2. The van der Waals surface area contributed by atoms with Crippen molar-refractivity contribution in [2.45, 2.75) is 38.5 Å². The third kappa shape index (κ3) is 3.67. The van der Waals surface area contributed by atoms with Crippen LogP contribution >= 0.6 is 0 Å². The number of benzene rings is 1. The molecule has 1 aromatic carbocycles. The second-order valence-corrected chi connectivity index (χ2v) is 5.99. The number of hydrogen-bond donors (Lipinski definition) is 0. The Labute approximate surface area is 141 Å². The van der Waals surface area contributed by atoms with Crippen molar-refractivity contribution in [1.82, 2.24) is 14.9 Å². The first-order valence-electron chi connectivity index (χ1n) is 8.48. The lowest BCUT2D eigenvalue weighted by atomic mass is 10.1. The predicted molar refractivity (Wildman–Crippen MR) is 90.6 cm³/mol. The Morgan fingerprint density at radius 1 is 0.750 bits per heavy atom. The van der Waals surface area contributed by atoms with Crippen molar-refractivity contribution in [3.63, 3.8) is 0 Å². The van der Waals surface area contributed by atoms with Gasteiger partial charge in [0.2, 0.25) is 0 Å². The van der Waals surface area contributed by atoms with Crippen LogP contribution in [0.3, 0.4) is 0 Å². The largest absolute Gasteiger partial charge is 0.274 e. The predicted octanol–water partition coefficient (Wildman–Crippen LogP) is 3.27. The molecule has 2 heterocycles. The lowest BCUT2D eigenvalue weighted by molar-refractivity contribution is 0.0651. The SMILES string of the molecule is O=C1c2ccccc2C(=O)N1CCCCCCCc1ncccn1. The Morgan fingerprint density at radius 3 is 2.00 bits per heavy atom. The minimum Gasteiger partial charge on any atom is -0.274 e. The van der Waals surface area contributed by atoms with E-state index in [0.717, 1.165) is 44.3 Å². The molecule has 1 aliphatic rings. The molecule has 2 aromatic rings. The van der Waals surface area contributed by atoms with E-state index < -0.39 is 0 Å². The summed E-state index contributed by atoms with van der Waals surface area (Å²) < 4.78 is 0. The summed E-state index contributed by atoms with van der Waals surface area (Å²) in [4.78, 5) is 34.2. The Bertz CT molecular complexity index is 681. The fourth-order valence-electron chi connectivity index (χ4n) is 2.98. The van der Waals surface area contributed by atoms with E-state index in [2.05, 4.69) is 9.97 Å². The molecule has 124 valence electrons. The van der Waals surface area contributed by atoms with Crippen molar-refractivity contribution >= 4 is 11.8 Å². The van der Waals surface area contributed by atoms with Gasteiger partial charge in [-0.25, -0.2) is 9.97 Å². The number of imide groups is 1. The molecule has 0 unspecified atom stereocenters. The van der Waals surface area contributed by atoms with Gasteiger partial charge in [0, 0.05) is 25.4 Å². The molecule has 0 radical (unpaired) electrons. The highest BCUT2D eigenvalue weighted by molar-refractivity contribution is 6.21. The fraction of sp³-hybridized carbons (Fsp3) is 0.368. The molecule has 0 bridgehead atoms. The monoisotopic (exact) mass is 323 g/mol. The van der Waals surface area contributed by atoms with E-state index in [0.29, 0.717) is 17.7 Å². The van der Waals surface area contributed by atoms with Crippen molar-refractivity contribution in [1.29, 1.82) is 0 Å². The summed E-state index contributed by atoms with van der Waals surface area (Å²) >= 11 is 0. The van der Waals surface area contributed by atoms with E-state index in [4.69, 9.17) is 0 Å². The van der Waals surface area contributed by atoms with Crippen molar-refractivity contribution in [2.24, 2.45) is 0 Å². The zero-order chi connectivity index (χ0) is 16.8. The number of carbonyl (C=O) groups is 2. The van der Waals surface area contributed by atoms with Gasteiger partial charge in [0.25, 0.3) is 11.8 Å². The molecule has 0 aliphatic carbocycles. The normalized spacial score (nSPS) is 13.4. The average molecular weight is 323 g/mol. The molecule has 0 atom stereocenters. The maximum absolute atomic E-state index is 12.2. The zero-order valence-corrected chi connectivity index (χ0v) is 13.6. The lowest BCUT2D eigenvalue weighted by Gasteiger charge is -2.13. The summed E-state index contributed by atoms with van der Waals surface area (Å²) in [6.07, 6.45) is 9.58. The second kappa shape index (κ2) is 7.81. The first kappa shape index (κ1) is 16.3. The van der Waals surface area contributed by atoms with Crippen LogP contribution in [-0.4, -0.2) is 33.2 Å². The average Bonchev–Trinajstić information content (AvgIpc) is 2.87. The molecule has 0 spiro atoms. The van der Waals surface area contributed by atoms with E-state index in [1.807, 2.05) is 6.07 Å². The van der Waals surface area contributed by atoms with Gasteiger partial charge in [-0.05, 0) is 31.0 Å². The number of carbonyl (C=O) groups excluding carboxylic acids is 2. The van der Waals surface area contributed by atoms with Crippen LogP contribution in [0.15, 0.2) is 42.7 Å². The quantitative estimate of drug-likeness (QED) is 0.552. The van der Waals surface area contributed by atoms with Gasteiger partial charge in [-0.3, -0.25) is 14.5 Å². The first-order valence-corrected chi connectivity index (χ1v) is 8.48. The number of fused-ring (bicyclic) bond motifs is 1. The third-order valence-corrected chi connectivity index (χ3v) is 4.28. The molecule has 0 saturated carbocycles. The number of unbranched alkanes of at least 4 members (excludes halogenated alkanes) is 4. The highest BCUT2D eigenvalue weighted by Crippen LogP contribution is 2.22. The summed E-state index contributed by atoms with van der Waals surface area (Å²) in [5, 5.41) is 0. The van der Waals surface area contributed by atoms with E-state index in [9.17, 15) is 9.59 Å². The Kier molecular flexibility index (Phi) is 5.31. The van der Waals surface area contributed by atoms with Crippen LogP contribution in [0.5, 0.6) is 0 Å². The Balaban J connectivity index is 1.34. The van der Waals surface area contributed by atoms with Gasteiger partial charge < -0.3 is 0 Å². The highest BCUT2D eigenvalue weighted by atomic mass is 16.2. The van der Waals surface area contributed by atoms with E-state index >= 15 is 0 Å². The van der Waals surface area contributed by atoms with E-state index in [-0.39, 0.29) is 11.8 Å². The van der Waals surface area contributed by atoms with Gasteiger partial charge in [-0.2, -0.15) is 0 Å². The van der Waals surface area contributed by atoms with Crippen molar-refractivity contribution in [2.75, 3.05) is 6.54 Å². The van der Waals surface area contributed by atoms with Crippen LogP contribution in [0, 0.1) is 0 Å². The number of rotatable bonds is 8. The summed E-state index contributed by atoms with van der Waals surface area (Å²) in [6, 6.07) is 8.86. The molecule has 1 aliphatic heterocycles. The maximum Gasteiger partial charge on any atom is 0.261 e. The van der Waals surface area contributed by atoms with Crippen LogP contribution in [0.2, 0.25) is 0 Å².